The zero-order chi connectivity index (χ0) is 14.8. The van der Waals surface area contributed by atoms with Crippen molar-refractivity contribution in [3.63, 3.8) is 0 Å². The van der Waals surface area contributed by atoms with Crippen molar-refractivity contribution in [1.82, 2.24) is 15.3 Å². The third-order valence-electron chi connectivity index (χ3n) is 3.11. The number of ether oxygens (including phenoxy) is 1. The molecule has 0 saturated carbocycles. The maximum absolute atomic E-state index is 12.5. The van der Waals surface area contributed by atoms with Crippen LogP contribution in [0.5, 0.6) is 0 Å². The Morgan fingerprint density at radius 2 is 2.20 bits per heavy atom. The number of halogens is 3. The van der Waals surface area contributed by atoms with E-state index in [1.807, 2.05) is 13.8 Å². The number of morpholine rings is 1. The molecule has 112 valence electrons. The summed E-state index contributed by atoms with van der Waals surface area (Å²) in [5.41, 5.74) is -0.954. The number of nitrogens with one attached hydrogen (secondary N) is 2. The van der Waals surface area contributed by atoms with Crippen LogP contribution in [0.3, 0.4) is 0 Å². The van der Waals surface area contributed by atoms with E-state index in [0.29, 0.717) is 13.1 Å². The molecule has 1 aliphatic heterocycles. The maximum Gasteiger partial charge on any atom is 0.433 e. The van der Waals surface area contributed by atoms with Crippen LogP contribution in [0.25, 0.3) is 0 Å². The SMILES string of the molecule is C[C@@H]1CN[C@H](CNc2nccc(C(F)(F)F)n2)[C@H](C)O1. The molecule has 2 heterocycles. The fourth-order valence-electron chi connectivity index (χ4n) is 2.03. The van der Waals surface area contributed by atoms with Gasteiger partial charge in [0.15, 0.2) is 0 Å². The second-order valence-corrected chi connectivity index (χ2v) is 4.81. The molecule has 1 aliphatic rings. The van der Waals surface area contributed by atoms with E-state index in [2.05, 4.69) is 20.6 Å². The average molecular weight is 290 g/mol. The van der Waals surface area contributed by atoms with Crippen molar-refractivity contribution in [3.8, 4) is 0 Å². The molecular formula is C12H17F3N4O. The van der Waals surface area contributed by atoms with Gasteiger partial charge in [-0.05, 0) is 19.9 Å². The van der Waals surface area contributed by atoms with Gasteiger partial charge in [-0.15, -0.1) is 0 Å². The zero-order valence-corrected chi connectivity index (χ0v) is 11.2. The highest BCUT2D eigenvalue weighted by Crippen LogP contribution is 2.27. The Hall–Kier alpha value is -1.41. The van der Waals surface area contributed by atoms with Gasteiger partial charge in [-0.1, -0.05) is 0 Å². The predicted molar refractivity (Wildman–Crippen MR) is 67.3 cm³/mol. The van der Waals surface area contributed by atoms with Crippen LogP contribution in [0.2, 0.25) is 0 Å². The van der Waals surface area contributed by atoms with Gasteiger partial charge < -0.3 is 15.4 Å². The predicted octanol–water partition coefficient (Wildman–Crippen LogP) is 1.67. The van der Waals surface area contributed by atoms with E-state index in [1.165, 1.54) is 0 Å². The first kappa shape index (κ1) is 15.0. The third kappa shape index (κ3) is 3.80. The summed E-state index contributed by atoms with van der Waals surface area (Å²) in [7, 11) is 0. The minimum absolute atomic E-state index is 0.00402. The summed E-state index contributed by atoms with van der Waals surface area (Å²) in [6.07, 6.45) is -3.27. The Labute approximate surface area is 114 Å². The number of nitrogens with zero attached hydrogens (tertiary/aromatic N) is 2. The highest BCUT2D eigenvalue weighted by molar-refractivity contribution is 5.26. The van der Waals surface area contributed by atoms with Crippen LogP contribution in [0.1, 0.15) is 19.5 Å². The number of aromatic nitrogens is 2. The lowest BCUT2D eigenvalue weighted by Gasteiger charge is -2.34. The number of alkyl halides is 3. The van der Waals surface area contributed by atoms with Crippen molar-refractivity contribution in [3.05, 3.63) is 18.0 Å². The molecule has 1 saturated heterocycles. The Balaban J connectivity index is 1.94. The third-order valence-corrected chi connectivity index (χ3v) is 3.11. The molecule has 20 heavy (non-hydrogen) atoms. The first-order chi connectivity index (χ1) is 9.36. The van der Waals surface area contributed by atoms with Crippen molar-refractivity contribution in [2.45, 2.75) is 38.3 Å². The highest BCUT2D eigenvalue weighted by Gasteiger charge is 2.33. The summed E-state index contributed by atoms with van der Waals surface area (Å²) in [6.45, 7) is 4.99. The van der Waals surface area contributed by atoms with Crippen molar-refractivity contribution in [2.75, 3.05) is 18.4 Å². The van der Waals surface area contributed by atoms with Crippen molar-refractivity contribution in [2.24, 2.45) is 0 Å². The van der Waals surface area contributed by atoms with Gasteiger partial charge >= 0.3 is 6.18 Å². The molecule has 0 aromatic carbocycles. The molecule has 8 heteroatoms. The summed E-state index contributed by atoms with van der Waals surface area (Å²) < 4.78 is 43.2. The van der Waals surface area contributed by atoms with Crippen LogP contribution in [0.15, 0.2) is 12.3 Å². The van der Waals surface area contributed by atoms with Crippen LogP contribution >= 0.6 is 0 Å². The van der Waals surface area contributed by atoms with Gasteiger partial charge in [-0.3, -0.25) is 0 Å². The molecule has 0 amide bonds. The molecule has 1 fully saturated rings. The molecular weight excluding hydrogens is 273 g/mol. The molecule has 3 atom stereocenters. The number of hydrogen-bond acceptors (Lipinski definition) is 5. The van der Waals surface area contributed by atoms with Crippen LogP contribution in [0.4, 0.5) is 19.1 Å². The normalized spacial score (nSPS) is 27.4. The number of anilines is 1. The van der Waals surface area contributed by atoms with E-state index >= 15 is 0 Å². The van der Waals surface area contributed by atoms with E-state index in [4.69, 9.17) is 4.74 Å². The lowest BCUT2D eigenvalue weighted by Crippen LogP contribution is -2.53. The van der Waals surface area contributed by atoms with Gasteiger partial charge in [-0.25, -0.2) is 9.97 Å². The standard InChI is InChI=1S/C12H17F3N4O/c1-7-5-17-9(8(2)20-7)6-18-11-16-4-3-10(19-11)12(13,14)15/h3-4,7-9,17H,5-6H2,1-2H3,(H,16,18,19)/t7-,8+,9-/m1/s1. The summed E-state index contributed by atoms with van der Waals surface area (Å²) in [4.78, 5) is 7.24. The lowest BCUT2D eigenvalue weighted by molar-refractivity contribution is -0.141. The van der Waals surface area contributed by atoms with Gasteiger partial charge in [0.05, 0.1) is 18.2 Å². The molecule has 0 unspecified atom stereocenters. The topological polar surface area (TPSA) is 59.1 Å². The number of hydrogen-bond donors (Lipinski definition) is 2. The second kappa shape index (κ2) is 5.92. The fourth-order valence-corrected chi connectivity index (χ4v) is 2.03. The minimum atomic E-state index is -4.46. The molecule has 0 radical (unpaired) electrons. The molecule has 0 aliphatic carbocycles. The van der Waals surface area contributed by atoms with E-state index in [9.17, 15) is 13.2 Å². The minimum Gasteiger partial charge on any atom is -0.373 e. The van der Waals surface area contributed by atoms with Gasteiger partial charge in [0.25, 0.3) is 0 Å². The van der Waals surface area contributed by atoms with Gasteiger partial charge in [0.2, 0.25) is 5.95 Å². The Morgan fingerprint density at radius 3 is 2.85 bits per heavy atom. The maximum atomic E-state index is 12.5. The van der Waals surface area contributed by atoms with E-state index < -0.39 is 11.9 Å². The Kier molecular flexibility index (Phi) is 4.44. The monoisotopic (exact) mass is 290 g/mol. The quantitative estimate of drug-likeness (QED) is 0.887. The molecule has 2 N–H and O–H groups in total. The average Bonchev–Trinajstić information content (AvgIpc) is 2.37. The van der Waals surface area contributed by atoms with Crippen molar-refractivity contribution >= 4 is 5.95 Å². The zero-order valence-electron chi connectivity index (χ0n) is 11.2. The molecule has 0 spiro atoms. The Bertz CT molecular complexity index is 455. The lowest BCUT2D eigenvalue weighted by atomic mass is 10.1. The van der Waals surface area contributed by atoms with Gasteiger partial charge in [0, 0.05) is 19.3 Å². The van der Waals surface area contributed by atoms with E-state index in [1.54, 1.807) is 0 Å². The Morgan fingerprint density at radius 1 is 1.45 bits per heavy atom. The summed E-state index contributed by atoms with van der Waals surface area (Å²) in [5, 5.41) is 6.08. The second-order valence-electron chi connectivity index (χ2n) is 4.81. The van der Waals surface area contributed by atoms with E-state index in [-0.39, 0.29) is 24.2 Å². The summed E-state index contributed by atoms with van der Waals surface area (Å²) >= 11 is 0. The van der Waals surface area contributed by atoms with Gasteiger partial charge in [0.1, 0.15) is 5.69 Å². The fraction of sp³-hybridized carbons (Fsp3) is 0.667. The first-order valence-corrected chi connectivity index (χ1v) is 6.39. The van der Waals surface area contributed by atoms with Crippen LogP contribution in [0, 0.1) is 0 Å². The highest BCUT2D eigenvalue weighted by atomic mass is 19.4. The van der Waals surface area contributed by atoms with Crippen LogP contribution in [-0.2, 0) is 10.9 Å². The molecule has 1 aromatic rings. The molecule has 1 aromatic heterocycles. The molecule has 0 bridgehead atoms. The van der Waals surface area contributed by atoms with Crippen LogP contribution in [-0.4, -0.2) is 41.3 Å². The molecule has 5 nitrogen and oxygen atoms in total. The van der Waals surface area contributed by atoms with Gasteiger partial charge in [-0.2, -0.15) is 13.2 Å². The van der Waals surface area contributed by atoms with Crippen LogP contribution < -0.4 is 10.6 Å². The smallest absolute Gasteiger partial charge is 0.373 e. The van der Waals surface area contributed by atoms with Crippen molar-refractivity contribution < 1.29 is 17.9 Å². The van der Waals surface area contributed by atoms with Crippen molar-refractivity contribution in [1.29, 1.82) is 0 Å². The first-order valence-electron chi connectivity index (χ1n) is 6.39. The summed E-state index contributed by atoms with van der Waals surface area (Å²) in [6, 6.07) is 0.849. The van der Waals surface area contributed by atoms with E-state index in [0.717, 1.165) is 12.3 Å². The summed E-state index contributed by atoms with van der Waals surface area (Å²) in [5.74, 6) is -0.0348. The number of rotatable bonds is 3. The largest absolute Gasteiger partial charge is 0.433 e. The molecule has 2 rings (SSSR count).